The molecule has 0 spiro atoms. The van der Waals surface area contributed by atoms with Crippen LogP contribution in [-0.4, -0.2) is 66.0 Å². The van der Waals surface area contributed by atoms with Crippen molar-refractivity contribution in [1.82, 2.24) is 19.5 Å². The molecule has 5 rings (SSSR count). The second kappa shape index (κ2) is 7.83. The summed E-state index contributed by atoms with van der Waals surface area (Å²) in [7, 11) is -4.03. The van der Waals surface area contributed by atoms with Crippen molar-refractivity contribution in [3.8, 4) is 0 Å². The summed E-state index contributed by atoms with van der Waals surface area (Å²) in [4.78, 5) is 30.7. The number of carbonyl (C=O) groups excluding carboxylic acids is 2. The number of carbonyl (C=O) groups is 2. The van der Waals surface area contributed by atoms with Crippen LogP contribution in [0.3, 0.4) is 0 Å². The van der Waals surface area contributed by atoms with E-state index in [1.807, 2.05) is 0 Å². The molecule has 0 atom stereocenters. The molecule has 35 heavy (non-hydrogen) atoms. The molecule has 3 aromatic rings. The molecule has 184 valence electrons. The Balaban J connectivity index is 1.76. The maximum Gasteiger partial charge on any atom is 0.434 e. The molecular weight excluding hydrogens is 491 g/mol. The number of benzene rings is 1. The van der Waals surface area contributed by atoms with Gasteiger partial charge in [0.05, 0.1) is 51.8 Å². The first-order valence-corrected chi connectivity index (χ1v) is 11.9. The highest BCUT2D eigenvalue weighted by atomic mass is 32.2. The third-order valence-electron chi connectivity index (χ3n) is 5.98. The van der Waals surface area contributed by atoms with E-state index in [1.54, 1.807) is 0 Å². The zero-order valence-corrected chi connectivity index (χ0v) is 19.2. The number of aryl methyl sites for hydroxylation is 2. The van der Waals surface area contributed by atoms with Crippen molar-refractivity contribution in [2.45, 2.75) is 24.9 Å². The number of hydrogen-bond acceptors (Lipinski definition) is 7. The molecule has 1 aromatic carbocycles. The molecule has 0 unspecified atom stereocenters. The van der Waals surface area contributed by atoms with Gasteiger partial charge in [0.15, 0.2) is 5.69 Å². The van der Waals surface area contributed by atoms with Gasteiger partial charge < -0.3 is 4.74 Å². The first kappa shape index (κ1) is 23.4. The molecule has 0 aliphatic carbocycles. The number of ether oxygens (including phenoxy) is 1. The van der Waals surface area contributed by atoms with Gasteiger partial charge in [0.1, 0.15) is 0 Å². The predicted octanol–water partition coefficient (Wildman–Crippen LogP) is 2.42. The van der Waals surface area contributed by atoms with E-state index in [4.69, 9.17) is 4.74 Å². The molecular formula is C21H18F3N5O5S. The third kappa shape index (κ3) is 3.51. The minimum atomic E-state index is -5.04. The molecule has 0 saturated carbocycles. The lowest BCUT2D eigenvalue weighted by molar-refractivity contribution is -0.141. The molecule has 2 aliphatic heterocycles. The Hall–Kier alpha value is -3.36. The summed E-state index contributed by atoms with van der Waals surface area (Å²) in [6, 6.07) is 3.33. The molecule has 1 saturated heterocycles. The molecule has 2 aliphatic rings. The van der Waals surface area contributed by atoms with E-state index < -0.39 is 44.8 Å². The van der Waals surface area contributed by atoms with Crippen molar-refractivity contribution in [2.24, 2.45) is 0 Å². The van der Waals surface area contributed by atoms with Gasteiger partial charge >= 0.3 is 6.18 Å². The number of H-pyrrole nitrogens is 1. The summed E-state index contributed by atoms with van der Waals surface area (Å²) in [6.45, 7) is 3.62. The molecule has 0 radical (unpaired) electrons. The van der Waals surface area contributed by atoms with Crippen molar-refractivity contribution in [1.29, 1.82) is 0 Å². The summed E-state index contributed by atoms with van der Waals surface area (Å²) < 4.78 is 74.4. The number of imide groups is 1. The Labute approximate surface area is 196 Å². The molecule has 2 aromatic heterocycles. The van der Waals surface area contributed by atoms with Gasteiger partial charge in [-0.15, -0.1) is 0 Å². The largest absolute Gasteiger partial charge is 0.434 e. The lowest BCUT2D eigenvalue weighted by Gasteiger charge is -2.26. The second-order valence-corrected chi connectivity index (χ2v) is 10.1. The lowest BCUT2D eigenvalue weighted by Crippen LogP contribution is -2.40. The number of pyridine rings is 1. The quantitative estimate of drug-likeness (QED) is 0.538. The van der Waals surface area contributed by atoms with E-state index in [0.29, 0.717) is 10.6 Å². The van der Waals surface area contributed by atoms with Crippen molar-refractivity contribution < 1.29 is 35.9 Å². The highest BCUT2D eigenvalue weighted by molar-refractivity contribution is 7.89. The standard InChI is InChI=1S/C21H18F3N5O5S/c1-10-17(11(2)27-26-10)29-19(30)15-13-9-12(35(32,33)28-5-7-34-8-6-28)3-4-14(13)25-18(21(22,23)24)16(15)20(29)31/h3-4,9H,5-8H2,1-2H3,(H,26,27). The van der Waals surface area contributed by atoms with Crippen LogP contribution in [-0.2, 0) is 20.9 Å². The fourth-order valence-corrected chi connectivity index (χ4v) is 5.80. The molecule has 1 N–H and O–H groups in total. The summed E-state index contributed by atoms with van der Waals surface area (Å²) >= 11 is 0. The zero-order valence-electron chi connectivity index (χ0n) is 18.4. The smallest absolute Gasteiger partial charge is 0.379 e. The average molecular weight is 509 g/mol. The molecule has 10 nitrogen and oxygen atoms in total. The number of morpholine rings is 1. The highest BCUT2D eigenvalue weighted by Crippen LogP contribution is 2.42. The number of aromatic amines is 1. The van der Waals surface area contributed by atoms with Gasteiger partial charge in [0, 0.05) is 18.5 Å². The number of halogens is 3. The van der Waals surface area contributed by atoms with Crippen molar-refractivity contribution in [3.63, 3.8) is 0 Å². The van der Waals surface area contributed by atoms with Crippen molar-refractivity contribution >= 4 is 38.4 Å². The van der Waals surface area contributed by atoms with Gasteiger partial charge in [-0.05, 0) is 32.0 Å². The van der Waals surface area contributed by atoms with Crippen LogP contribution >= 0.6 is 0 Å². The van der Waals surface area contributed by atoms with Crippen LogP contribution < -0.4 is 4.90 Å². The molecule has 1 fully saturated rings. The number of fused-ring (bicyclic) bond motifs is 3. The van der Waals surface area contributed by atoms with Gasteiger partial charge in [-0.1, -0.05) is 0 Å². The second-order valence-electron chi connectivity index (χ2n) is 8.13. The number of rotatable bonds is 3. The van der Waals surface area contributed by atoms with Crippen molar-refractivity contribution in [2.75, 3.05) is 31.2 Å². The first-order chi connectivity index (χ1) is 16.4. The van der Waals surface area contributed by atoms with E-state index in [1.165, 1.54) is 18.2 Å². The number of anilines is 1. The Kier molecular flexibility index (Phi) is 5.23. The molecule has 14 heteroatoms. The minimum Gasteiger partial charge on any atom is -0.379 e. The predicted molar refractivity (Wildman–Crippen MR) is 116 cm³/mol. The van der Waals surface area contributed by atoms with Gasteiger partial charge in [0.2, 0.25) is 10.0 Å². The molecule has 2 amide bonds. The Morgan fingerprint density at radius 2 is 1.71 bits per heavy atom. The normalized spacial score (nSPS) is 17.5. The number of alkyl halides is 3. The SMILES string of the molecule is Cc1n[nH]c(C)c1N1C(=O)c2c(C(F)(F)F)nc3ccc(S(=O)(=O)N4CCOCC4)cc3c2C1=O. The number of hydrogen-bond donors (Lipinski definition) is 1. The van der Waals surface area contributed by atoms with Crippen LogP contribution in [0.1, 0.15) is 37.8 Å². The average Bonchev–Trinajstić information content (AvgIpc) is 3.27. The van der Waals surface area contributed by atoms with Gasteiger partial charge in [-0.25, -0.2) is 18.3 Å². The van der Waals surface area contributed by atoms with Gasteiger partial charge in [0.25, 0.3) is 11.8 Å². The highest BCUT2D eigenvalue weighted by Gasteiger charge is 2.48. The number of amides is 2. The van der Waals surface area contributed by atoms with E-state index >= 15 is 0 Å². The Morgan fingerprint density at radius 3 is 2.31 bits per heavy atom. The van der Waals surface area contributed by atoms with Crippen molar-refractivity contribution in [3.05, 3.63) is 46.4 Å². The van der Waals surface area contributed by atoms with Crippen LogP contribution in [0.15, 0.2) is 23.1 Å². The van der Waals surface area contributed by atoms with E-state index in [0.717, 1.165) is 18.2 Å². The van der Waals surface area contributed by atoms with Gasteiger partial charge in [-0.3, -0.25) is 14.7 Å². The summed E-state index contributed by atoms with van der Waals surface area (Å²) in [5.41, 5.74) is -2.67. The molecule has 0 bridgehead atoms. The van der Waals surface area contributed by atoms with Crippen LogP contribution in [0.2, 0.25) is 0 Å². The third-order valence-corrected chi connectivity index (χ3v) is 7.87. The summed E-state index contributed by atoms with van der Waals surface area (Å²) in [5.74, 6) is -2.22. The Bertz CT molecular complexity index is 1490. The van der Waals surface area contributed by atoms with E-state index in [2.05, 4.69) is 15.2 Å². The molecule has 4 heterocycles. The first-order valence-electron chi connectivity index (χ1n) is 10.5. The monoisotopic (exact) mass is 509 g/mol. The number of aromatic nitrogens is 3. The van der Waals surface area contributed by atoms with Crippen LogP contribution in [0.4, 0.5) is 18.9 Å². The zero-order chi connectivity index (χ0) is 25.3. The van der Waals surface area contributed by atoms with Crippen LogP contribution in [0.5, 0.6) is 0 Å². The topological polar surface area (TPSA) is 126 Å². The van der Waals surface area contributed by atoms with E-state index in [9.17, 15) is 31.2 Å². The minimum absolute atomic E-state index is 0.0366. The summed E-state index contributed by atoms with van der Waals surface area (Å²) in [5, 5.41) is 6.36. The maximum atomic E-state index is 13.9. The fraction of sp³-hybridized carbons (Fsp3) is 0.333. The van der Waals surface area contributed by atoms with Gasteiger partial charge in [-0.2, -0.15) is 22.6 Å². The van der Waals surface area contributed by atoms with Crippen LogP contribution in [0, 0.1) is 13.8 Å². The Morgan fingerprint density at radius 1 is 1.06 bits per heavy atom. The number of nitrogens with zero attached hydrogens (tertiary/aromatic N) is 4. The van der Waals surface area contributed by atoms with Crippen LogP contribution in [0.25, 0.3) is 10.9 Å². The lowest BCUT2D eigenvalue weighted by atomic mass is 10.0. The fourth-order valence-electron chi connectivity index (χ4n) is 4.37. The number of sulfonamides is 1. The number of nitrogens with one attached hydrogen (secondary N) is 1. The summed E-state index contributed by atoms with van der Waals surface area (Å²) in [6.07, 6.45) is -5.04. The van der Waals surface area contributed by atoms with E-state index in [-0.39, 0.29) is 53.5 Å². The maximum absolute atomic E-state index is 13.9.